The van der Waals surface area contributed by atoms with Crippen LogP contribution in [-0.4, -0.2) is 131 Å². The third-order valence-electron chi connectivity index (χ3n) is 10.3. The molecule has 21 nitrogen and oxygen atoms in total. The van der Waals surface area contributed by atoms with Gasteiger partial charge in [-0.3, -0.25) is 52.9 Å². The predicted molar refractivity (Wildman–Crippen MR) is 223 cm³/mol. The molecule has 13 N–H and O–H groups in total. The highest BCUT2D eigenvalue weighted by atomic mass is 16.3. The SMILES string of the molecule is CC(=O)[C@@H](CC(=O)[C@@H]1CNC(=O)C[C@H](NC(=O)CCC(=O)CN)C(=O)N[C@@H](CCCN=C(N)N)C(=O)N[C@@H](Cc2ccccc2)C(=O)NCC(=O)C[C@@H]([C@@H](C)O)C(=O)C1)[C@@H](C)O. The number of aliphatic hydroxyl groups excluding tert-OH is 2. The molecule has 0 radical (unpaired) electrons. The van der Waals surface area contributed by atoms with Gasteiger partial charge >= 0.3 is 0 Å². The number of hydrogen-bond donors (Lipinski definition) is 10. The van der Waals surface area contributed by atoms with E-state index in [0.29, 0.717) is 5.56 Å². The summed E-state index contributed by atoms with van der Waals surface area (Å²) in [7, 11) is 0. The van der Waals surface area contributed by atoms with Gasteiger partial charge in [-0.25, -0.2) is 0 Å². The molecule has 0 unspecified atom stereocenters. The number of ketones is 5. The summed E-state index contributed by atoms with van der Waals surface area (Å²) in [5.74, 6) is -11.7. The molecule has 5 amide bonds. The van der Waals surface area contributed by atoms with E-state index in [1.807, 2.05) is 0 Å². The van der Waals surface area contributed by atoms with Gasteiger partial charge in [0.2, 0.25) is 29.5 Å². The van der Waals surface area contributed by atoms with Crippen molar-refractivity contribution < 1.29 is 58.2 Å². The number of nitrogens with two attached hydrogens (primary N) is 3. The lowest BCUT2D eigenvalue weighted by Gasteiger charge is -2.26. The zero-order valence-electron chi connectivity index (χ0n) is 35.4. The molecule has 0 spiro atoms. The minimum atomic E-state index is -1.68. The minimum absolute atomic E-state index is 0.0238. The van der Waals surface area contributed by atoms with Crippen molar-refractivity contribution in [2.24, 2.45) is 39.9 Å². The van der Waals surface area contributed by atoms with Crippen LogP contribution in [0.4, 0.5) is 0 Å². The molecule has 1 saturated heterocycles. The number of nitrogens with one attached hydrogen (secondary N) is 5. The Kier molecular flexibility index (Phi) is 22.2. The Morgan fingerprint density at radius 1 is 0.871 bits per heavy atom. The highest BCUT2D eigenvalue weighted by Crippen LogP contribution is 2.21. The highest BCUT2D eigenvalue weighted by Gasteiger charge is 2.35. The molecule has 1 aromatic rings. The zero-order valence-corrected chi connectivity index (χ0v) is 35.4. The Balaban J connectivity index is 2.66. The van der Waals surface area contributed by atoms with E-state index in [0.717, 1.165) is 0 Å². The molecule has 0 aromatic heterocycles. The van der Waals surface area contributed by atoms with Crippen LogP contribution >= 0.6 is 0 Å². The number of rotatable bonds is 17. The van der Waals surface area contributed by atoms with Crippen LogP contribution in [0.5, 0.6) is 0 Å². The summed E-state index contributed by atoms with van der Waals surface area (Å²) in [6.45, 7) is 2.25. The lowest BCUT2D eigenvalue weighted by atomic mass is 9.82. The smallest absolute Gasteiger partial charge is 0.243 e. The summed E-state index contributed by atoms with van der Waals surface area (Å²) in [6, 6.07) is 4.09. The lowest BCUT2D eigenvalue weighted by Crippen LogP contribution is -2.58. The van der Waals surface area contributed by atoms with Gasteiger partial charge in [-0.05, 0) is 39.2 Å². The van der Waals surface area contributed by atoms with Crippen molar-refractivity contribution in [2.75, 3.05) is 26.2 Å². The molecular weight excluding hydrogens is 811 g/mol. The van der Waals surface area contributed by atoms with Crippen LogP contribution in [0.25, 0.3) is 0 Å². The number of benzene rings is 1. The Labute approximate surface area is 359 Å². The molecule has 2 rings (SSSR count). The normalized spacial score (nSPS) is 22.6. The van der Waals surface area contributed by atoms with E-state index in [9.17, 15) is 58.2 Å². The Morgan fingerprint density at radius 3 is 2.13 bits per heavy atom. The molecule has 0 saturated carbocycles. The molecule has 21 heteroatoms. The number of aliphatic imine (C=N–C) groups is 1. The number of aliphatic hydroxyl groups is 2. The number of guanidine groups is 1. The number of Topliss-reactive ketones (excluding diaryl/α,β-unsaturated/α-hetero) is 5. The van der Waals surface area contributed by atoms with Crippen molar-refractivity contribution in [1.29, 1.82) is 0 Å². The molecule has 62 heavy (non-hydrogen) atoms. The second-order valence-corrected chi connectivity index (χ2v) is 15.4. The fraction of sp³-hybridized carbons (Fsp3) is 0.585. The average Bonchev–Trinajstić information content (AvgIpc) is 3.21. The van der Waals surface area contributed by atoms with E-state index in [4.69, 9.17) is 17.2 Å². The summed E-state index contributed by atoms with van der Waals surface area (Å²) in [4.78, 5) is 137. The quantitative estimate of drug-likeness (QED) is 0.0418. The highest BCUT2D eigenvalue weighted by molar-refractivity contribution is 5.98. The number of carbonyl (C=O) groups excluding carboxylic acids is 10. The van der Waals surface area contributed by atoms with Crippen LogP contribution in [0.15, 0.2) is 35.3 Å². The van der Waals surface area contributed by atoms with Crippen molar-refractivity contribution in [3.05, 3.63) is 35.9 Å². The third-order valence-corrected chi connectivity index (χ3v) is 10.3. The number of amides is 5. The zero-order chi connectivity index (χ0) is 46.5. The average molecular weight is 872 g/mol. The van der Waals surface area contributed by atoms with Crippen LogP contribution in [0.1, 0.15) is 77.7 Å². The Morgan fingerprint density at radius 2 is 1.53 bits per heavy atom. The molecule has 1 fully saturated rings. The topological polar surface area (TPSA) is 362 Å². The van der Waals surface area contributed by atoms with Gasteiger partial charge in [0.05, 0.1) is 37.6 Å². The van der Waals surface area contributed by atoms with E-state index < -0.39 is 152 Å². The van der Waals surface area contributed by atoms with E-state index >= 15 is 0 Å². The van der Waals surface area contributed by atoms with Crippen LogP contribution in [0.3, 0.4) is 0 Å². The summed E-state index contributed by atoms with van der Waals surface area (Å²) >= 11 is 0. The monoisotopic (exact) mass is 871 g/mol. The molecule has 8 atom stereocenters. The van der Waals surface area contributed by atoms with Gasteiger partial charge < -0.3 is 54.0 Å². The van der Waals surface area contributed by atoms with Gasteiger partial charge in [0.1, 0.15) is 41.3 Å². The van der Waals surface area contributed by atoms with Crippen LogP contribution in [-0.2, 0) is 54.4 Å². The molecule has 1 heterocycles. The first kappa shape index (κ1) is 52.2. The van der Waals surface area contributed by atoms with E-state index in [-0.39, 0.29) is 44.7 Å². The first-order chi connectivity index (χ1) is 29.2. The van der Waals surface area contributed by atoms with Crippen molar-refractivity contribution in [1.82, 2.24) is 26.6 Å². The van der Waals surface area contributed by atoms with Gasteiger partial charge in [-0.1, -0.05) is 30.3 Å². The second kappa shape index (κ2) is 26.4. The molecule has 1 aliphatic heterocycles. The standard InChI is InChI=1S/C41H61N9O12/c1-22(51)29(23(2)52)17-34(56)26-15-35(57)30(24(3)53)16-28(55)21-47-38(60)32(14-25-8-5-4-6-9-25)50-39(61)31(10-7-13-45-41(43)44)49-40(62)33(18-37(59)46-20-26)48-36(58)12-11-27(54)19-42/h4-6,8-9,22,24,26,29-33,51,53H,7,10-21,42H2,1-3H3,(H,46,59)(H,47,60)(H,48,58)(H,49,62)(H,50,61)(H4,43,44,45)/t22-,24-,26+,29+,30+,31+,32+,33+/m1/s1. The fourth-order valence-electron chi connectivity index (χ4n) is 6.61. The van der Waals surface area contributed by atoms with Gasteiger partial charge in [-0.15, -0.1) is 0 Å². The molecular formula is C41H61N9O12. The summed E-state index contributed by atoms with van der Waals surface area (Å²) in [5.41, 5.74) is 16.9. The molecule has 342 valence electrons. The number of hydrogen-bond acceptors (Lipinski definition) is 14. The molecule has 0 bridgehead atoms. The minimum Gasteiger partial charge on any atom is -0.393 e. The molecule has 1 aromatic carbocycles. The van der Waals surface area contributed by atoms with Gasteiger partial charge in [-0.2, -0.15) is 0 Å². The van der Waals surface area contributed by atoms with Crippen LogP contribution < -0.4 is 43.8 Å². The second-order valence-electron chi connectivity index (χ2n) is 15.4. The fourth-order valence-corrected chi connectivity index (χ4v) is 6.61. The van der Waals surface area contributed by atoms with E-state index in [1.165, 1.54) is 20.8 Å². The maximum Gasteiger partial charge on any atom is 0.243 e. The summed E-state index contributed by atoms with van der Waals surface area (Å²) in [6.07, 6.45) is -5.92. The van der Waals surface area contributed by atoms with Gasteiger partial charge in [0.15, 0.2) is 11.7 Å². The van der Waals surface area contributed by atoms with Crippen molar-refractivity contribution in [2.45, 2.75) is 109 Å². The molecule has 0 aliphatic carbocycles. The van der Waals surface area contributed by atoms with Crippen LogP contribution in [0.2, 0.25) is 0 Å². The maximum absolute atomic E-state index is 14.0. The summed E-state index contributed by atoms with van der Waals surface area (Å²) in [5, 5.41) is 33.3. The first-order valence-electron chi connectivity index (χ1n) is 20.4. The number of nitrogens with zero attached hydrogens (tertiary/aromatic N) is 1. The molecule has 1 aliphatic rings. The van der Waals surface area contributed by atoms with Crippen LogP contribution in [0, 0.1) is 17.8 Å². The first-order valence-corrected chi connectivity index (χ1v) is 20.4. The van der Waals surface area contributed by atoms with Crippen molar-refractivity contribution in [3.8, 4) is 0 Å². The van der Waals surface area contributed by atoms with Gasteiger partial charge in [0.25, 0.3) is 0 Å². The van der Waals surface area contributed by atoms with E-state index in [2.05, 4.69) is 31.6 Å². The predicted octanol–water partition coefficient (Wildman–Crippen LogP) is -3.24. The largest absolute Gasteiger partial charge is 0.393 e. The third kappa shape index (κ3) is 18.8. The van der Waals surface area contributed by atoms with Crippen molar-refractivity contribution >= 4 is 64.4 Å². The van der Waals surface area contributed by atoms with Gasteiger partial charge in [0, 0.05) is 63.5 Å². The summed E-state index contributed by atoms with van der Waals surface area (Å²) < 4.78 is 0. The lowest BCUT2D eigenvalue weighted by molar-refractivity contribution is -0.137. The number of carbonyl (C=O) groups is 10. The van der Waals surface area contributed by atoms with Crippen molar-refractivity contribution in [3.63, 3.8) is 0 Å². The van der Waals surface area contributed by atoms with E-state index in [1.54, 1.807) is 30.3 Å². The maximum atomic E-state index is 14.0. The Hall–Kier alpha value is -5.93. The Bertz CT molecular complexity index is 1800.